The molecule has 1 aromatic rings. The summed E-state index contributed by atoms with van der Waals surface area (Å²) in [6.45, 7) is 3.68. The van der Waals surface area contributed by atoms with Crippen LogP contribution in [0.2, 0.25) is 0 Å². The predicted molar refractivity (Wildman–Crippen MR) is 109 cm³/mol. The van der Waals surface area contributed by atoms with Gasteiger partial charge < -0.3 is 9.64 Å². The van der Waals surface area contributed by atoms with Crippen LogP contribution in [0.15, 0.2) is 44.9 Å². The van der Waals surface area contributed by atoms with Crippen LogP contribution in [-0.4, -0.2) is 48.6 Å². The summed E-state index contributed by atoms with van der Waals surface area (Å²) in [5, 5.41) is 25.8. The molecule has 0 radical (unpaired) electrons. The van der Waals surface area contributed by atoms with Crippen LogP contribution >= 0.6 is 23.5 Å². The molecule has 30 heavy (non-hydrogen) atoms. The normalized spacial score (nSPS) is 28.3. The lowest BCUT2D eigenvalue weighted by molar-refractivity contribution is -0.384. The zero-order valence-corrected chi connectivity index (χ0v) is 17.8. The van der Waals surface area contributed by atoms with E-state index in [0.717, 1.165) is 0 Å². The van der Waals surface area contributed by atoms with Crippen molar-refractivity contribution in [1.29, 1.82) is 0 Å². The Morgan fingerprint density at radius 2 is 2.00 bits per heavy atom. The largest absolute Gasteiger partial charge is 0.459 e. The molecule has 2 fully saturated rings. The number of nitro groups is 1. The smallest absolute Gasteiger partial charge is 0.330 e. The van der Waals surface area contributed by atoms with Gasteiger partial charge >= 0.3 is 5.97 Å². The van der Waals surface area contributed by atoms with Gasteiger partial charge in [-0.25, -0.2) is 4.79 Å². The maximum atomic E-state index is 13.0. The van der Waals surface area contributed by atoms with E-state index in [0.29, 0.717) is 17.7 Å². The van der Waals surface area contributed by atoms with E-state index in [1.807, 2.05) is 6.92 Å². The summed E-state index contributed by atoms with van der Waals surface area (Å²) in [5.41, 5.74) is 0.590. The molecule has 0 bridgehead atoms. The quantitative estimate of drug-likeness (QED) is 0.269. The van der Waals surface area contributed by atoms with Crippen LogP contribution in [0.25, 0.3) is 0 Å². The second kappa shape index (κ2) is 7.61. The fourth-order valence-electron chi connectivity index (χ4n) is 3.47. The first-order valence-corrected chi connectivity index (χ1v) is 10.9. The summed E-state index contributed by atoms with van der Waals surface area (Å²) in [7, 11) is 0. The Morgan fingerprint density at radius 1 is 1.33 bits per heavy atom. The number of β-lactam (4-membered cyclic amide) rings is 1. The standard InChI is InChI=1S/C17H18N6O5S2/c1-16(9-29-17(2)18-20-21-19-17)14(22-12(24)7-13(22)30-16)15(25)28-8-10-3-5-11(6-4-10)23(26)27/h3-6,13-14H,7-9H2,1-2H3. The van der Waals surface area contributed by atoms with Crippen LogP contribution in [0.5, 0.6) is 0 Å². The van der Waals surface area contributed by atoms with Crippen LogP contribution in [0.4, 0.5) is 5.69 Å². The first-order chi connectivity index (χ1) is 14.2. The van der Waals surface area contributed by atoms with Gasteiger partial charge in [-0.2, -0.15) is 0 Å². The van der Waals surface area contributed by atoms with Crippen molar-refractivity contribution in [1.82, 2.24) is 4.90 Å². The van der Waals surface area contributed by atoms with Gasteiger partial charge in [0, 0.05) is 17.9 Å². The van der Waals surface area contributed by atoms with Crippen molar-refractivity contribution in [3.63, 3.8) is 0 Å². The number of nitro benzene ring substituents is 1. The first-order valence-electron chi connectivity index (χ1n) is 9.08. The van der Waals surface area contributed by atoms with E-state index in [2.05, 4.69) is 20.7 Å². The SMILES string of the molecule is CC1(SCC2(C)SC3CC(=O)N3C2C(=O)OCc2ccc([N+](=O)[O-])cc2)N=NN=N1. The summed E-state index contributed by atoms with van der Waals surface area (Å²) in [6, 6.07) is 5.06. The van der Waals surface area contributed by atoms with Crippen molar-refractivity contribution < 1.29 is 19.2 Å². The number of nitrogens with zero attached hydrogens (tertiary/aromatic N) is 6. The van der Waals surface area contributed by atoms with Crippen molar-refractivity contribution in [2.24, 2.45) is 20.7 Å². The molecule has 13 heteroatoms. The number of esters is 1. The highest BCUT2D eigenvalue weighted by Gasteiger charge is 2.61. The fraction of sp³-hybridized carbons (Fsp3) is 0.529. The highest BCUT2D eigenvalue weighted by molar-refractivity contribution is 8.05. The van der Waals surface area contributed by atoms with Gasteiger partial charge in [0.15, 0.2) is 0 Å². The number of thioether (sulfide) groups is 2. The van der Waals surface area contributed by atoms with Crippen LogP contribution in [0, 0.1) is 10.1 Å². The Balaban J connectivity index is 1.45. The molecule has 3 aliphatic heterocycles. The van der Waals surface area contributed by atoms with Crippen molar-refractivity contribution in [3.8, 4) is 0 Å². The number of hydrogen-bond donors (Lipinski definition) is 0. The molecule has 3 heterocycles. The topological polar surface area (TPSA) is 139 Å². The van der Waals surface area contributed by atoms with Crippen molar-refractivity contribution in [2.75, 3.05) is 5.75 Å². The monoisotopic (exact) mass is 450 g/mol. The van der Waals surface area contributed by atoms with E-state index in [1.165, 1.54) is 23.9 Å². The second-order valence-corrected chi connectivity index (χ2v) is 10.5. The van der Waals surface area contributed by atoms with Crippen LogP contribution < -0.4 is 0 Å². The Kier molecular flexibility index (Phi) is 5.26. The number of benzene rings is 1. The van der Waals surface area contributed by atoms with Gasteiger partial charge in [-0.05, 0) is 42.0 Å². The number of non-ortho nitro benzene ring substituents is 1. The summed E-state index contributed by atoms with van der Waals surface area (Å²) in [6.07, 6.45) is 0.397. The van der Waals surface area contributed by atoms with E-state index in [9.17, 15) is 19.7 Å². The lowest BCUT2D eigenvalue weighted by Crippen LogP contribution is -2.58. The molecule has 0 aliphatic carbocycles. The molecule has 0 aromatic heterocycles. The van der Waals surface area contributed by atoms with E-state index >= 15 is 0 Å². The molecule has 158 valence electrons. The Hall–Kier alpha value is -2.54. The Labute approximate surface area is 179 Å². The van der Waals surface area contributed by atoms with Gasteiger partial charge in [-0.1, -0.05) is 0 Å². The summed E-state index contributed by atoms with van der Waals surface area (Å²) < 4.78 is 4.90. The molecule has 0 N–H and O–H groups in total. The predicted octanol–water partition coefficient (Wildman–Crippen LogP) is 3.31. The molecule has 3 atom stereocenters. The highest BCUT2D eigenvalue weighted by Crippen LogP contribution is 2.53. The number of fused-ring (bicyclic) bond motifs is 1. The van der Waals surface area contributed by atoms with E-state index in [4.69, 9.17) is 4.74 Å². The maximum Gasteiger partial charge on any atom is 0.330 e. The maximum absolute atomic E-state index is 13.0. The molecule has 1 amide bonds. The molecule has 4 rings (SSSR count). The summed E-state index contributed by atoms with van der Waals surface area (Å²) in [4.78, 5) is 36.2. The van der Waals surface area contributed by atoms with Gasteiger partial charge in [0.05, 0.1) is 21.5 Å². The third-order valence-electron chi connectivity index (χ3n) is 5.09. The lowest BCUT2D eigenvalue weighted by Gasteiger charge is -2.38. The molecule has 3 aliphatic rings. The third-order valence-corrected chi connectivity index (χ3v) is 8.30. The Bertz CT molecular complexity index is 942. The molecular weight excluding hydrogens is 432 g/mol. The van der Waals surface area contributed by atoms with Crippen LogP contribution in [0.1, 0.15) is 25.8 Å². The number of carbonyl (C=O) groups is 2. The molecule has 3 unspecified atom stereocenters. The number of carbonyl (C=O) groups excluding carboxylic acids is 2. The van der Waals surface area contributed by atoms with Crippen LogP contribution in [-0.2, 0) is 20.9 Å². The van der Waals surface area contributed by atoms with Crippen molar-refractivity contribution >= 4 is 41.1 Å². The first kappa shape index (κ1) is 20.7. The molecular formula is C17H18N6O5S2. The number of hydrogen-bond acceptors (Lipinski definition) is 11. The molecule has 2 saturated heterocycles. The second-order valence-electron chi connectivity index (χ2n) is 7.43. The zero-order valence-electron chi connectivity index (χ0n) is 16.1. The van der Waals surface area contributed by atoms with Crippen molar-refractivity contribution in [3.05, 3.63) is 39.9 Å². The fourth-order valence-corrected chi connectivity index (χ4v) is 6.36. The van der Waals surface area contributed by atoms with E-state index in [1.54, 1.807) is 35.7 Å². The highest BCUT2D eigenvalue weighted by atomic mass is 32.2. The van der Waals surface area contributed by atoms with Gasteiger partial charge in [-0.15, -0.1) is 33.8 Å². The number of rotatable bonds is 7. The Morgan fingerprint density at radius 3 is 2.60 bits per heavy atom. The average Bonchev–Trinajstić information content (AvgIpc) is 3.24. The number of ether oxygens (including phenoxy) is 1. The van der Waals surface area contributed by atoms with Gasteiger partial charge in [-0.3, -0.25) is 14.9 Å². The van der Waals surface area contributed by atoms with Gasteiger partial charge in [0.1, 0.15) is 12.6 Å². The zero-order chi connectivity index (χ0) is 21.5. The molecule has 0 spiro atoms. The number of amides is 1. The minimum absolute atomic E-state index is 0.0337. The van der Waals surface area contributed by atoms with E-state index in [-0.39, 0.29) is 23.6 Å². The van der Waals surface area contributed by atoms with Crippen LogP contribution in [0.3, 0.4) is 0 Å². The molecule has 0 saturated carbocycles. The molecule has 1 aromatic carbocycles. The van der Waals surface area contributed by atoms with Gasteiger partial charge in [0.25, 0.3) is 5.69 Å². The third kappa shape index (κ3) is 3.78. The molecule has 11 nitrogen and oxygen atoms in total. The van der Waals surface area contributed by atoms with E-state index < -0.39 is 26.7 Å². The van der Waals surface area contributed by atoms with Gasteiger partial charge in [0.2, 0.25) is 10.9 Å². The van der Waals surface area contributed by atoms with Crippen molar-refractivity contribution in [2.45, 2.75) is 48.0 Å². The summed E-state index contributed by atoms with van der Waals surface area (Å²) in [5.74, 6) is -0.0895. The lowest BCUT2D eigenvalue weighted by atomic mass is 9.98. The summed E-state index contributed by atoms with van der Waals surface area (Å²) >= 11 is 2.98. The average molecular weight is 451 g/mol. The minimum atomic E-state index is -0.836. The minimum Gasteiger partial charge on any atom is -0.459 e.